The predicted molar refractivity (Wildman–Crippen MR) is 62.8 cm³/mol. The van der Waals surface area contributed by atoms with Crippen LogP contribution in [0, 0.1) is 28.6 Å². The lowest BCUT2D eigenvalue weighted by Crippen LogP contribution is -2.33. The second kappa shape index (κ2) is 3.58. The summed E-state index contributed by atoms with van der Waals surface area (Å²) in [6.07, 6.45) is 3.84. The molecule has 0 amide bonds. The van der Waals surface area contributed by atoms with E-state index in [9.17, 15) is 10.4 Å². The molecule has 2 aliphatic rings. The maximum Gasteiger partial charge on any atom is 0.0987 e. The minimum atomic E-state index is -0.584. The van der Waals surface area contributed by atoms with Gasteiger partial charge in [0.15, 0.2) is 0 Å². The SMILES string of the molecule is N#CC1(C(O)c2ccsc2)CC2CCC1C2. The van der Waals surface area contributed by atoms with E-state index in [4.69, 9.17) is 0 Å². The minimum Gasteiger partial charge on any atom is -0.387 e. The number of aliphatic hydroxyl groups is 1. The van der Waals surface area contributed by atoms with E-state index in [1.54, 1.807) is 11.3 Å². The third kappa shape index (κ3) is 1.27. The highest BCUT2D eigenvalue weighted by molar-refractivity contribution is 7.07. The Bertz CT molecular complexity index is 422. The second-order valence-electron chi connectivity index (χ2n) is 5.19. The van der Waals surface area contributed by atoms with Crippen LogP contribution in [0.15, 0.2) is 16.8 Å². The smallest absolute Gasteiger partial charge is 0.0987 e. The summed E-state index contributed by atoms with van der Waals surface area (Å²) >= 11 is 1.59. The molecule has 3 rings (SSSR count). The van der Waals surface area contributed by atoms with E-state index < -0.39 is 11.5 Å². The summed E-state index contributed by atoms with van der Waals surface area (Å²) in [5.74, 6) is 1.09. The summed E-state index contributed by atoms with van der Waals surface area (Å²) in [5, 5.41) is 23.9. The van der Waals surface area contributed by atoms with Gasteiger partial charge in [-0.2, -0.15) is 16.6 Å². The molecule has 2 aliphatic carbocycles. The van der Waals surface area contributed by atoms with Crippen molar-refractivity contribution in [1.82, 2.24) is 0 Å². The van der Waals surface area contributed by atoms with Crippen molar-refractivity contribution in [3.63, 3.8) is 0 Å². The monoisotopic (exact) mass is 233 g/mol. The van der Waals surface area contributed by atoms with Crippen LogP contribution in [0.4, 0.5) is 0 Å². The second-order valence-corrected chi connectivity index (χ2v) is 5.97. The lowest BCUT2D eigenvalue weighted by molar-refractivity contribution is 0.0236. The van der Waals surface area contributed by atoms with E-state index >= 15 is 0 Å². The fraction of sp³-hybridized carbons (Fsp3) is 0.615. The van der Waals surface area contributed by atoms with E-state index in [-0.39, 0.29) is 0 Å². The molecule has 2 saturated carbocycles. The third-order valence-electron chi connectivity index (χ3n) is 4.45. The summed E-state index contributed by atoms with van der Waals surface area (Å²) < 4.78 is 0. The van der Waals surface area contributed by atoms with Gasteiger partial charge in [0.05, 0.1) is 17.6 Å². The Morgan fingerprint density at radius 3 is 2.94 bits per heavy atom. The first kappa shape index (κ1) is 10.3. The molecule has 4 atom stereocenters. The van der Waals surface area contributed by atoms with Gasteiger partial charge in [0.25, 0.3) is 0 Å². The van der Waals surface area contributed by atoms with Gasteiger partial charge in [-0.3, -0.25) is 0 Å². The van der Waals surface area contributed by atoms with Crippen molar-refractivity contribution in [2.24, 2.45) is 17.3 Å². The van der Waals surface area contributed by atoms with E-state index in [1.165, 1.54) is 6.42 Å². The van der Waals surface area contributed by atoms with Crippen molar-refractivity contribution < 1.29 is 5.11 Å². The molecule has 4 unspecified atom stereocenters. The largest absolute Gasteiger partial charge is 0.387 e. The summed E-state index contributed by atoms with van der Waals surface area (Å²) in [6, 6.07) is 4.40. The number of aliphatic hydroxyl groups excluding tert-OH is 1. The lowest BCUT2D eigenvalue weighted by atomic mass is 9.69. The number of fused-ring (bicyclic) bond motifs is 2. The van der Waals surface area contributed by atoms with Crippen LogP contribution in [0.1, 0.15) is 37.4 Å². The van der Waals surface area contributed by atoms with Gasteiger partial charge in [-0.25, -0.2) is 0 Å². The Kier molecular flexibility index (Phi) is 2.31. The molecule has 2 bridgehead atoms. The number of nitriles is 1. The molecule has 16 heavy (non-hydrogen) atoms. The van der Waals surface area contributed by atoms with Crippen LogP contribution in [-0.2, 0) is 0 Å². The molecule has 0 saturated heterocycles. The highest BCUT2D eigenvalue weighted by atomic mass is 32.1. The van der Waals surface area contributed by atoms with Crippen LogP contribution in [0.5, 0.6) is 0 Å². The van der Waals surface area contributed by atoms with Gasteiger partial charge in [0, 0.05) is 0 Å². The predicted octanol–water partition coefficient (Wildman–Crippen LogP) is 3.11. The highest BCUT2D eigenvalue weighted by Crippen LogP contribution is 2.60. The zero-order chi connectivity index (χ0) is 11.2. The first-order valence-corrected chi connectivity index (χ1v) is 6.82. The molecular formula is C13H15NOS. The zero-order valence-electron chi connectivity index (χ0n) is 9.10. The molecule has 2 nitrogen and oxygen atoms in total. The molecule has 0 aliphatic heterocycles. The molecule has 1 N–H and O–H groups in total. The van der Waals surface area contributed by atoms with Crippen LogP contribution in [0.2, 0.25) is 0 Å². The van der Waals surface area contributed by atoms with E-state index in [0.29, 0.717) is 11.8 Å². The van der Waals surface area contributed by atoms with Gasteiger partial charge in [0.2, 0.25) is 0 Å². The number of nitrogens with zero attached hydrogens (tertiary/aromatic N) is 1. The molecule has 0 aromatic carbocycles. The zero-order valence-corrected chi connectivity index (χ0v) is 9.91. The fourth-order valence-electron chi connectivity index (χ4n) is 3.63. The van der Waals surface area contributed by atoms with Gasteiger partial charge in [-0.1, -0.05) is 6.42 Å². The molecule has 0 radical (unpaired) electrons. The summed E-state index contributed by atoms with van der Waals surface area (Å²) in [6.45, 7) is 0. The molecule has 84 valence electrons. The number of hydrogen-bond donors (Lipinski definition) is 1. The fourth-order valence-corrected chi connectivity index (χ4v) is 4.31. The van der Waals surface area contributed by atoms with Gasteiger partial charge in [0.1, 0.15) is 0 Å². The van der Waals surface area contributed by atoms with Crippen molar-refractivity contribution in [3.05, 3.63) is 22.4 Å². The summed E-state index contributed by atoms with van der Waals surface area (Å²) in [4.78, 5) is 0. The van der Waals surface area contributed by atoms with Crippen LogP contribution < -0.4 is 0 Å². The third-order valence-corrected chi connectivity index (χ3v) is 5.15. The molecular weight excluding hydrogens is 218 g/mol. The van der Waals surface area contributed by atoms with Crippen LogP contribution in [-0.4, -0.2) is 5.11 Å². The molecule has 2 fully saturated rings. The molecule has 0 spiro atoms. The first-order chi connectivity index (χ1) is 7.76. The maximum absolute atomic E-state index is 10.5. The lowest BCUT2D eigenvalue weighted by Gasteiger charge is -2.35. The van der Waals surface area contributed by atoms with Crippen molar-refractivity contribution in [3.8, 4) is 6.07 Å². The van der Waals surface area contributed by atoms with Crippen molar-refractivity contribution >= 4 is 11.3 Å². The maximum atomic E-state index is 10.5. The van der Waals surface area contributed by atoms with E-state index in [0.717, 1.165) is 24.8 Å². The average Bonchev–Trinajstić information content (AvgIpc) is 3.03. The Balaban J connectivity index is 1.95. The van der Waals surface area contributed by atoms with Gasteiger partial charge in [-0.15, -0.1) is 0 Å². The van der Waals surface area contributed by atoms with Crippen LogP contribution in [0.25, 0.3) is 0 Å². The van der Waals surface area contributed by atoms with E-state index in [1.807, 2.05) is 16.8 Å². The van der Waals surface area contributed by atoms with Crippen molar-refractivity contribution in [2.45, 2.75) is 31.8 Å². The Morgan fingerprint density at radius 2 is 2.44 bits per heavy atom. The van der Waals surface area contributed by atoms with Crippen molar-refractivity contribution in [1.29, 1.82) is 5.26 Å². The molecule has 1 aromatic rings. The van der Waals surface area contributed by atoms with Crippen molar-refractivity contribution in [2.75, 3.05) is 0 Å². The molecule has 3 heteroatoms. The minimum absolute atomic E-state index is 0.414. The number of hydrogen-bond acceptors (Lipinski definition) is 3. The van der Waals surface area contributed by atoms with Gasteiger partial charge in [-0.05, 0) is 53.5 Å². The molecule has 1 aromatic heterocycles. The quantitative estimate of drug-likeness (QED) is 0.853. The normalized spacial score (nSPS) is 38.5. The van der Waals surface area contributed by atoms with Gasteiger partial charge >= 0.3 is 0 Å². The molecule has 1 heterocycles. The topological polar surface area (TPSA) is 44.0 Å². The first-order valence-electron chi connectivity index (χ1n) is 5.87. The Hall–Kier alpha value is -0.850. The number of rotatable bonds is 2. The Labute approximate surface area is 99.5 Å². The van der Waals surface area contributed by atoms with E-state index in [2.05, 4.69) is 6.07 Å². The standard InChI is InChI=1S/C13H15NOS/c14-8-13(6-9-1-2-11(13)5-9)12(15)10-3-4-16-7-10/h3-4,7,9,11-12,15H,1-2,5-6H2. The number of thiophene rings is 1. The van der Waals surface area contributed by atoms with Crippen LogP contribution in [0.3, 0.4) is 0 Å². The van der Waals surface area contributed by atoms with Gasteiger partial charge < -0.3 is 5.11 Å². The Morgan fingerprint density at radius 1 is 1.56 bits per heavy atom. The van der Waals surface area contributed by atoms with Crippen LogP contribution >= 0.6 is 11.3 Å². The summed E-state index contributed by atoms with van der Waals surface area (Å²) in [7, 11) is 0. The average molecular weight is 233 g/mol. The highest BCUT2D eigenvalue weighted by Gasteiger charge is 2.55. The summed E-state index contributed by atoms with van der Waals surface area (Å²) in [5.41, 5.74) is 0.434.